The first-order valence-electron chi connectivity index (χ1n) is 8.42. The molecule has 0 atom stereocenters. The molecule has 0 saturated carbocycles. The molecule has 0 saturated heterocycles. The van der Waals surface area contributed by atoms with Crippen LogP contribution in [0.25, 0.3) is 0 Å². The molecule has 0 spiro atoms. The Balaban J connectivity index is 1.85. The van der Waals surface area contributed by atoms with Gasteiger partial charge in [0.15, 0.2) is 0 Å². The molecule has 0 heterocycles. The van der Waals surface area contributed by atoms with Gasteiger partial charge in [0.25, 0.3) is 5.91 Å². The number of benzene rings is 2. The molecule has 0 unspecified atom stereocenters. The molecule has 2 rings (SSSR count). The minimum atomic E-state index is -0.185. The number of halogens is 1. The highest BCUT2D eigenvalue weighted by atomic mass is 35.5. The van der Waals surface area contributed by atoms with Crippen LogP contribution in [0, 0.1) is 0 Å². The van der Waals surface area contributed by atoms with Crippen LogP contribution < -0.4 is 10.1 Å². The molecule has 2 aromatic rings. The largest absolute Gasteiger partial charge is 0.496 e. The lowest BCUT2D eigenvalue weighted by atomic mass is 10.1. The number of nitrogens with one attached hydrogen (secondary N) is 1. The lowest BCUT2D eigenvalue weighted by molar-refractivity contribution is -0.128. The van der Waals surface area contributed by atoms with E-state index in [4.69, 9.17) is 16.3 Å². The van der Waals surface area contributed by atoms with E-state index in [9.17, 15) is 9.59 Å². The molecule has 0 fully saturated rings. The van der Waals surface area contributed by atoms with Crippen molar-refractivity contribution in [3.05, 3.63) is 64.7 Å². The Bertz CT molecular complexity index is 747. The third-order valence-corrected chi connectivity index (χ3v) is 4.31. The molecule has 2 amide bonds. The monoisotopic (exact) mass is 374 g/mol. The molecule has 0 aliphatic heterocycles. The smallest absolute Gasteiger partial charge is 0.251 e. The minimum absolute atomic E-state index is 0.0272. The number of ether oxygens (including phenoxy) is 1. The summed E-state index contributed by atoms with van der Waals surface area (Å²) in [5.41, 5.74) is 1.59. The van der Waals surface area contributed by atoms with Crippen molar-refractivity contribution in [2.24, 2.45) is 0 Å². The molecular formula is C20H23ClN2O3. The van der Waals surface area contributed by atoms with Gasteiger partial charge in [-0.3, -0.25) is 9.59 Å². The van der Waals surface area contributed by atoms with Gasteiger partial charge in [-0.05, 0) is 42.3 Å². The van der Waals surface area contributed by atoms with E-state index in [1.54, 1.807) is 36.3 Å². The fraction of sp³-hybridized carbons (Fsp3) is 0.300. The van der Waals surface area contributed by atoms with E-state index in [-0.39, 0.29) is 11.8 Å². The molecule has 138 valence electrons. The van der Waals surface area contributed by atoms with E-state index in [1.807, 2.05) is 24.3 Å². The van der Waals surface area contributed by atoms with Gasteiger partial charge >= 0.3 is 0 Å². The number of carbonyl (C=O) groups is 2. The normalized spacial score (nSPS) is 10.3. The SMILES string of the molecule is COc1ccccc1CCN(CCNC(=O)c1ccc(Cl)cc1)C(C)=O. The van der Waals surface area contributed by atoms with Crippen LogP contribution in [-0.2, 0) is 11.2 Å². The number of methoxy groups -OCH3 is 1. The second-order valence-corrected chi connectivity index (χ2v) is 6.27. The minimum Gasteiger partial charge on any atom is -0.496 e. The number of rotatable bonds is 8. The maximum atomic E-state index is 12.1. The van der Waals surface area contributed by atoms with Crippen LogP contribution in [-0.4, -0.2) is 43.5 Å². The third-order valence-electron chi connectivity index (χ3n) is 4.06. The molecule has 1 N–H and O–H groups in total. The predicted octanol–water partition coefficient (Wildman–Crippen LogP) is 3.17. The zero-order valence-electron chi connectivity index (χ0n) is 15.0. The summed E-state index contributed by atoms with van der Waals surface area (Å²) in [6, 6.07) is 14.4. The van der Waals surface area contributed by atoms with Crippen LogP contribution in [0.15, 0.2) is 48.5 Å². The Morgan fingerprint density at radius 3 is 2.42 bits per heavy atom. The average molecular weight is 375 g/mol. The van der Waals surface area contributed by atoms with Crippen molar-refractivity contribution in [1.82, 2.24) is 10.2 Å². The zero-order chi connectivity index (χ0) is 18.9. The second-order valence-electron chi connectivity index (χ2n) is 5.83. The molecule has 0 aliphatic carbocycles. The second kappa shape index (κ2) is 9.82. The number of hydrogen-bond donors (Lipinski definition) is 1. The van der Waals surface area contributed by atoms with Gasteiger partial charge in [-0.2, -0.15) is 0 Å². The van der Waals surface area contributed by atoms with Crippen molar-refractivity contribution in [2.75, 3.05) is 26.7 Å². The highest BCUT2D eigenvalue weighted by Gasteiger charge is 2.11. The van der Waals surface area contributed by atoms with Crippen molar-refractivity contribution < 1.29 is 14.3 Å². The summed E-state index contributed by atoms with van der Waals surface area (Å²) >= 11 is 5.82. The molecule has 5 nitrogen and oxygen atoms in total. The van der Waals surface area contributed by atoms with Crippen molar-refractivity contribution in [3.63, 3.8) is 0 Å². The third kappa shape index (κ3) is 5.77. The van der Waals surface area contributed by atoms with Gasteiger partial charge in [-0.25, -0.2) is 0 Å². The molecule has 6 heteroatoms. The number of para-hydroxylation sites is 1. The summed E-state index contributed by atoms with van der Waals surface area (Å²) in [7, 11) is 1.63. The number of amides is 2. The van der Waals surface area contributed by atoms with Crippen LogP contribution in [0.5, 0.6) is 5.75 Å². The van der Waals surface area contributed by atoms with Crippen molar-refractivity contribution in [1.29, 1.82) is 0 Å². The van der Waals surface area contributed by atoms with Gasteiger partial charge in [-0.1, -0.05) is 29.8 Å². The van der Waals surface area contributed by atoms with E-state index < -0.39 is 0 Å². The molecule has 2 aromatic carbocycles. The fourth-order valence-electron chi connectivity index (χ4n) is 2.60. The Morgan fingerprint density at radius 2 is 1.77 bits per heavy atom. The Kier molecular flexibility index (Phi) is 7.48. The van der Waals surface area contributed by atoms with Crippen LogP contribution in [0.1, 0.15) is 22.8 Å². The topological polar surface area (TPSA) is 58.6 Å². The summed E-state index contributed by atoms with van der Waals surface area (Å²) in [6.45, 7) is 2.92. The Morgan fingerprint density at radius 1 is 1.08 bits per heavy atom. The highest BCUT2D eigenvalue weighted by molar-refractivity contribution is 6.30. The fourth-order valence-corrected chi connectivity index (χ4v) is 2.73. The lowest BCUT2D eigenvalue weighted by Gasteiger charge is -2.22. The van der Waals surface area contributed by atoms with Crippen molar-refractivity contribution >= 4 is 23.4 Å². The summed E-state index contributed by atoms with van der Waals surface area (Å²) in [6.07, 6.45) is 0.689. The van der Waals surface area contributed by atoms with Crippen molar-refractivity contribution in [3.8, 4) is 5.75 Å². The molecule has 0 radical (unpaired) electrons. The Hall–Kier alpha value is -2.53. The van der Waals surface area contributed by atoms with Crippen LogP contribution in [0.4, 0.5) is 0 Å². The van der Waals surface area contributed by atoms with Gasteiger partial charge in [0.2, 0.25) is 5.91 Å². The predicted molar refractivity (Wildman–Crippen MR) is 103 cm³/mol. The van der Waals surface area contributed by atoms with Crippen LogP contribution in [0.2, 0.25) is 5.02 Å². The van der Waals surface area contributed by atoms with Gasteiger partial charge < -0.3 is 15.0 Å². The summed E-state index contributed by atoms with van der Waals surface area (Å²) in [4.78, 5) is 25.7. The van der Waals surface area contributed by atoms with E-state index >= 15 is 0 Å². The average Bonchev–Trinajstić information content (AvgIpc) is 2.64. The quantitative estimate of drug-likeness (QED) is 0.772. The Labute approximate surface area is 158 Å². The zero-order valence-corrected chi connectivity index (χ0v) is 15.8. The standard InChI is InChI=1S/C20H23ClN2O3/c1-15(24)23(13-11-16-5-3-4-6-19(16)26-2)14-12-22-20(25)17-7-9-18(21)10-8-17/h3-10H,11-14H2,1-2H3,(H,22,25). The first-order chi connectivity index (χ1) is 12.5. The summed E-state index contributed by atoms with van der Waals surface area (Å²) < 4.78 is 5.34. The molecular weight excluding hydrogens is 352 g/mol. The van der Waals surface area contributed by atoms with Crippen LogP contribution in [0.3, 0.4) is 0 Å². The van der Waals surface area contributed by atoms with E-state index in [2.05, 4.69) is 5.32 Å². The van der Waals surface area contributed by atoms with Crippen LogP contribution >= 0.6 is 11.6 Å². The van der Waals surface area contributed by atoms with Gasteiger partial charge in [-0.15, -0.1) is 0 Å². The van der Waals surface area contributed by atoms with Gasteiger partial charge in [0, 0.05) is 37.1 Å². The van der Waals surface area contributed by atoms with E-state index in [0.29, 0.717) is 36.6 Å². The highest BCUT2D eigenvalue weighted by Crippen LogP contribution is 2.18. The van der Waals surface area contributed by atoms with Gasteiger partial charge in [0.1, 0.15) is 5.75 Å². The number of hydrogen-bond acceptors (Lipinski definition) is 3. The molecule has 26 heavy (non-hydrogen) atoms. The van der Waals surface area contributed by atoms with E-state index in [0.717, 1.165) is 11.3 Å². The number of carbonyl (C=O) groups excluding carboxylic acids is 2. The lowest BCUT2D eigenvalue weighted by Crippen LogP contribution is -2.38. The summed E-state index contributed by atoms with van der Waals surface area (Å²) in [5.74, 6) is 0.600. The molecule has 0 aliphatic rings. The first kappa shape index (κ1) is 19.8. The maximum Gasteiger partial charge on any atom is 0.251 e. The molecule has 0 bridgehead atoms. The van der Waals surface area contributed by atoms with Crippen molar-refractivity contribution in [2.45, 2.75) is 13.3 Å². The van der Waals surface area contributed by atoms with Gasteiger partial charge in [0.05, 0.1) is 7.11 Å². The maximum absolute atomic E-state index is 12.1. The van der Waals surface area contributed by atoms with E-state index in [1.165, 1.54) is 6.92 Å². The number of nitrogens with zero attached hydrogens (tertiary/aromatic N) is 1. The summed E-state index contributed by atoms with van der Waals surface area (Å²) in [5, 5.41) is 3.41. The molecule has 0 aromatic heterocycles. The first-order valence-corrected chi connectivity index (χ1v) is 8.80.